The summed E-state index contributed by atoms with van der Waals surface area (Å²) >= 11 is 5.47. The van der Waals surface area contributed by atoms with Gasteiger partial charge in [0.15, 0.2) is 0 Å². The lowest BCUT2D eigenvalue weighted by Crippen LogP contribution is -2.27. The fourth-order valence-corrected chi connectivity index (χ4v) is 3.05. The monoisotopic (exact) mass is 345 g/mol. The average Bonchev–Trinajstić information content (AvgIpc) is 2.40. The molecule has 1 unspecified atom stereocenters. The lowest BCUT2D eigenvalue weighted by Gasteiger charge is -2.17. The first-order chi connectivity index (χ1) is 9.26. The zero-order chi connectivity index (χ0) is 13.9. The molecule has 1 atom stereocenters. The normalized spacial score (nSPS) is 12.6. The van der Waals surface area contributed by atoms with E-state index in [2.05, 4.69) is 51.8 Å². The second-order valence-electron chi connectivity index (χ2n) is 4.68. The average molecular weight is 346 g/mol. The molecule has 0 saturated heterocycles. The number of hydrogen-bond acceptors (Lipinski definition) is 3. The molecule has 0 saturated carbocycles. The van der Waals surface area contributed by atoms with Crippen LogP contribution in [0.1, 0.15) is 12.0 Å². The van der Waals surface area contributed by atoms with Crippen LogP contribution < -0.4 is 5.32 Å². The molecule has 0 amide bonds. The van der Waals surface area contributed by atoms with Crippen LogP contribution in [0.4, 0.5) is 0 Å². The van der Waals surface area contributed by atoms with Crippen molar-refractivity contribution in [2.45, 2.75) is 12.8 Å². The Hall–Kier alpha value is -0.0300. The zero-order valence-electron chi connectivity index (χ0n) is 11.8. The van der Waals surface area contributed by atoms with Gasteiger partial charge in [-0.2, -0.15) is 11.8 Å². The van der Waals surface area contributed by atoms with Crippen LogP contribution >= 0.6 is 27.7 Å². The summed E-state index contributed by atoms with van der Waals surface area (Å²) < 4.78 is 6.23. The lowest BCUT2D eigenvalue weighted by atomic mass is 9.97. The van der Waals surface area contributed by atoms with E-state index in [4.69, 9.17) is 4.74 Å². The van der Waals surface area contributed by atoms with E-state index in [0.717, 1.165) is 26.1 Å². The number of halogens is 1. The van der Waals surface area contributed by atoms with Gasteiger partial charge in [0.2, 0.25) is 0 Å². The number of methoxy groups -OCH3 is 1. The van der Waals surface area contributed by atoms with Gasteiger partial charge in [-0.3, -0.25) is 0 Å². The maximum Gasteiger partial charge on any atom is 0.0587 e. The largest absolute Gasteiger partial charge is 0.383 e. The van der Waals surface area contributed by atoms with Crippen molar-refractivity contribution in [3.8, 4) is 0 Å². The lowest BCUT2D eigenvalue weighted by molar-refractivity contribution is 0.197. The van der Waals surface area contributed by atoms with E-state index in [9.17, 15) is 0 Å². The fraction of sp³-hybridized carbons (Fsp3) is 0.600. The van der Waals surface area contributed by atoms with Crippen molar-refractivity contribution in [3.63, 3.8) is 0 Å². The maximum absolute atomic E-state index is 5.07. The minimum atomic E-state index is 0.693. The molecule has 0 heterocycles. The van der Waals surface area contributed by atoms with E-state index >= 15 is 0 Å². The topological polar surface area (TPSA) is 21.3 Å². The van der Waals surface area contributed by atoms with Crippen molar-refractivity contribution in [1.82, 2.24) is 5.32 Å². The summed E-state index contributed by atoms with van der Waals surface area (Å²) in [5.74, 6) is 1.92. The summed E-state index contributed by atoms with van der Waals surface area (Å²) in [6.45, 7) is 2.79. The second-order valence-corrected chi connectivity index (χ2v) is 6.58. The predicted molar refractivity (Wildman–Crippen MR) is 89.1 cm³/mol. The van der Waals surface area contributed by atoms with Crippen molar-refractivity contribution in [1.29, 1.82) is 0 Å². The van der Waals surface area contributed by atoms with Crippen LogP contribution in [0, 0.1) is 5.92 Å². The Labute approximate surface area is 129 Å². The fourth-order valence-electron chi connectivity index (χ4n) is 2.04. The highest BCUT2D eigenvalue weighted by Gasteiger charge is 2.09. The quantitative estimate of drug-likeness (QED) is 0.654. The van der Waals surface area contributed by atoms with E-state index in [1.54, 1.807) is 7.11 Å². The SMILES string of the molecule is COCCNCC(CCSC)Cc1cccc(Br)c1. The van der Waals surface area contributed by atoms with Crippen LogP contribution in [0.2, 0.25) is 0 Å². The molecule has 0 spiro atoms. The first kappa shape index (κ1) is 17.0. The number of nitrogens with one attached hydrogen (secondary N) is 1. The Morgan fingerprint density at radius 1 is 1.42 bits per heavy atom. The maximum atomic E-state index is 5.07. The van der Waals surface area contributed by atoms with Gasteiger partial charge in [-0.15, -0.1) is 0 Å². The zero-order valence-corrected chi connectivity index (χ0v) is 14.2. The number of hydrogen-bond donors (Lipinski definition) is 1. The summed E-state index contributed by atoms with van der Waals surface area (Å²) in [5.41, 5.74) is 1.41. The summed E-state index contributed by atoms with van der Waals surface area (Å²) in [6.07, 6.45) is 4.57. The van der Waals surface area contributed by atoms with Crippen LogP contribution in [0.25, 0.3) is 0 Å². The molecule has 4 heteroatoms. The van der Waals surface area contributed by atoms with E-state index in [0.29, 0.717) is 5.92 Å². The van der Waals surface area contributed by atoms with Gasteiger partial charge in [0.05, 0.1) is 6.61 Å². The van der Waals surface area contributed by atoms with Gasteiger partial charge in [0, 0.05) is 18.1 Å². The summed E-state index contributed by atoms with van der Waals surface area (Å²) in [4.78, 5) is 0. The summed E-state index contributed by atoms with van der Waals surface area (Å²) in [7, 11) is 1.74. The van der Waals surface area contributed by atoms with Crippen LogP contribution in [0.15, 0.2) is 28.7 Å². The molecule has 1 aromatic rings. The van der Waals surface area contributed by atoms with Gasteiger partial charge in [0.25, 0.3) is 0 Å². The van der Waals surface area contributed by atoms with E-state index < -0.39 is 0 Å². The van der Waals surface area contributed by atoms with Gasteiger partial charge in [-0.25, -0.2) is 0 Å². The van der Waals surface area contributed by atoms with E-state index in [1.165, 1.54) is 22.2 Å². The Morgan fingerprint density at radius 2 is 2.26 bits per heavy atom. The third-order valence-electron chi connectivity index (χ3n) is 3.06. The molecule has 2 nitrogen and oxygen atoms in total. The predicted octanol–water partition coefficient (Wildman–Crippen LogP) is 3.60. The molecule has 108 valence electrons. The Bertz CT molecular complexity index is 349. The molecule has 0 aromatic heterocycles. The van der Waals surface area contributed by atoms with E-state index in [-0.39, 0.29) is 0 Å². The molecule has 1 N–H and O–H groups in total. The van der Waals surface area contributed by atoms with Gasteiger partial charge in [-0.1, -0.05) is 28.1 Å². The third kappa shape index (κ3) is 7.98. The highest BCUT2D eigenvalue weighted by atomic mass is 79.9. The molecule has 0 aliphatic rings. The van der Waals surface area contributed by atoms with Gasteiger partial charge in [-0.05, 0) is 55.0 Å². The van der Waals surface area contributed by atoms with Crippen LogP contribution in [-0.4, -0.2) is 38.8 Å². The molecular formula is C15H24BrNOS. The molecular weight excluding hydrogens is 322 g/mol. The number of rotatable bonds is 10. The first-order valence-electron chi connectivity index (χ1n) is 6.69. The first-order valence-corrected chi connectivity index (χ1v) is 8.88. The van der Waals surface area contributed by atoms with Crippen molar-refractivity contribution in [2.75, 3.05) is 38.8 Å². The standard InChI is InChI=1S/C15H24BrNOS/c1-18-8-7-17-12-14(6-9-19-2)10-13-4-3-5-15(16)11-13/h3-5,11,14,17H,6-10,12H2,1-2H3. The molecule has 0 fully saturated rings. The summed E-state index contributed by atoms with van der Waals surface area (Å²) in [6, 6.07) is 8.63. The van der Waals surface area contributed by atoms with Crippen LogP contribution in [0.5, 0.6) is 0 Å². The van der Waals surface area contributed by atoms with E-state index in [1.807, 2.05) is 11.8 Å². The molecule has 0 aliphatic heterocycles. The minimum absolute atomic E-state index is 0.693. The molecule has 0 radical (unpaired) electrons. The van der Waals surface area contributed by atoms with Crippen molar-refractivity contribution >= 4 is 27.7 Å². The minimum Gasteiger partial charge on any atom is -0.383 e. The molecule has 19 heavy (non-hydrogen) atoms. The van der Waals surface area contributed by atoms with Crippen LogP contribution in [-0.2, 0) is 11.2 Å². The highest BCUT2D eigenvalue weighted by molar-refractivity contribution is 9.10. The number of ether oxygens (including phenoxy) is 1. The van der Waals surface area contributed by atoms with Gasteiger partial charge < -0.3 is 10.1 Å². The van der Waals surface area contributed by atoms with Crippen LogP contribution in [0.3, 0.4) is 0 Å². The summed E-state index contributed by atoms with van der Waals surface area (Å²) in [5, 5.41) is 3.48. The third-order valence-corrected chi connectivity index (χ3v) is 4.20. The smallest absolute Gasteiger partial charge is 0.0587 e. The number of thioether (sulfide) groups is 1. The molecule has 0 bridgehead atoms. The van der Waals surface area contributed by atoms with Crippen molar-refractivity contribution < 1.29 is 4.74 Å². The van der Waals surface area contributed by atoms with Crippen molar-refractivity contribution in [2.24, 2.45) is 5.92 Å². The number of benzene rings is 1. The Morgan fingerprint density at radius 3 is 2.95 bits per heavy atom. The second kappa shape index (κ2) is 10.7. The van der Waals surface area contributed by atoms with Gasteiger partial charge in [0.1, 0.15) is 0 Å². The Kier molecular flexibility index (Phi) is 9.61. The Balaban J connectivity index is 2.43. The molecule has 1 rings (SSSR count). The highest BCUT2D eigenvalue weighted by Crippen LogP contribution is 2.17. The molecule has 0 aliphatic carbocycles. The molecule has 1 aromatic carbocycles. The van der Waals surface area contributed by atoms with Crippen molar-refractivity contribution in [3.05, 3.63) is 34.3 Å². The van der Waals surface area contributed by atoms with Gasteiger partial charge >= 0.3 is 0 Å².